The lowest BCUT2D eigenvalue weighted by atomic mass is 10.1. The minimum atomic E-state index is 0.615. The van der Waals surface area contributed by atoms with Crippen LogP contribution in [-0.4, -0.2) is 29.3 Å². The summed E-state index contributed by atoms with van der Waals surface area (Å²) in [5.74, 6) is 0.615. The summed E-state index contributed by atoms with van der Waals surface area (Å²) in [5.41, 5.74) is 11.4. The van der Waals surface area contributed by atoms with E-state index >= 15 is 0 Å². The number of hydrogen-bond acceptors (Lipinski definition) is 5. The van der Waals surface area contributed by atoms with Crippen molar-refractivity contribution in [1.29, 1.82) is 0 Å². The van der Waals surface area contributed by atoms with Crippen LogP contribution in [0.2, 0.25) is 0 Å². The second kappa shape index (κ2) is 12.7. The third-order valence-corrected chi connectivity index (χ3v) is 11.3. The molecule has 0 atom stereocenters. The van der Waals surface area contributed by atoms with Gasteiger partial charge in [0.15, 0.2) is 0 Å². The molecule has 4 heterocycles. The van der Waals surface area contributed by atoms with Crippen LogP contribution in [0.25, 0.3) is 98.9 Å². The number of para-hydroxylation sites is 3. The van der Waals surface area contributed by atoms with E-state index < -0.39 is 0 Å². The highest BCUT2D eigenvalue weighted by Crippen LogP contribution is 2.42. The molecule has 7 heteroatoms. The van der Waals surface area contributed by atoms with Gasteiger partial charge in [0, 0.05) is 49.5 Å². The minimum absolute atomic E-state index is 0.615. The molecule has 0 saturated carbocycles. The first kappa shape index (κ1) is 31.3. The van der Waals surface area contributed by atoms with Crippen LogP contribution >= 0.6 is 11.3 Å². The quantitative estimate of drug-likeness (QED) is 0.171. The normalized spacial score (nSPS) is 11.6. The maximum Gasteiger partial charge on any atom is 0.235 e. The first-order valence-electron chi connectivity index (χ1n) is 18.2. The molecule has 0 radical (unpaired) electrons. The van der Waals surface area contributed by atoms with Crippen LogP contribution in [0.1, 0.15) is 0 Å². The van der Waals surface area contributed by atoms with E-state index in [4.69, 9.17) is 20.2 Å². The molecule has 11 rings (SSSR count). The lowest BCUT2D eigenvalue weighted by molar-refractivity contribution is 0.995. The van der Waals surface area contributed by atoms with Gasteiger partial charge in [0.1, 0.15) is 10.0 Å². The van der Waals surface area contributed by atoms with Crippen molar-refractivity contribution < 1.29 is 0 Å². The molecule has 11 aromatic rings. The first-order chi connectivity index (χ1) is 27.3. The van der Waals surface area contributed by atoms with Crippen LogP contribution in [0.4, 0.5) is 0 Å². The second-order valence-corrected chi connectivity index (χ2v) is 14.5. The Labute approximate surface area is 320 Å². The zero-order valence-electron chi connectivity index (χ0n) is 29.4. The van der Waals surface area contributed by atoms with E-state index in [1.807, 2.05) is 36.4 Å². The Kier molecular flexibility index (Phi) is 7.25. The van der Waals surface area contributed by atoms with Gasteiger partial charge in [-0.1, -0.05) is 139 Å². The van der Waals surface area contributed by atoms with E-state index in [-0.39, 0.29) is 0 Å². The van der Waals surface area contributed by atoms with Crippen LogP contribution in [0, 0.1) is 0 Å². The van der Waals surface area contributed by atoms with Crippen molar-refractivity contribution in [3.63, 3.8) is 0 Å². The third-order valence-electron chi connectivity index (χ3n) is 10.3. The largest absolute Gasteiger partial charge is 0.309 e. The summed E-state index contributed by atoms with van der Waals surface area (Å²) in [5, 5.41) is 15.9. The predicted molar refractivity (Wildman–Crippen MR) is 226 cm³/mol. The molecule has 0 aliphatic carbocycles. The summed E-state index contributed by atoms with van der Waals surface area (Å²) in [7, 11) is 0. The molecule has 0 saturated heterocycles. The molecule has 0 N–H and O–H groups in total. The fourth-order valence-electron chi connectivity index (χ4n) is 7.87. The maximum absolute atomic E-state index is 5.21. The van der Waals surface area contributed by atoms with Crippen LogP contribution in [0.15, 0.2) is 182 Å². The van der Waals surface area contributed by atoms with E-state index in [1.54, 1.807) is 11.3 Å². The van der Waals surface area contributed by atoms with Crippen molar-refractivity contribution in [2.24, 2.45) is 0 Å². The van der Waals surface area contributed by atoms with Gasteiger partial charge in [0.05, 0.1) is 33.5 Å². The number of hydrogen-bond donors (Lipinski definition) is 0. The van der Waals surface area contributed by atoms with Crippen LogP contribution in [0.3, 0.4) is 0 Å². The molecule has 4 aromatic heterocycles. The third kappa shape index (κ3) is 5.16. The predicted octanol–water partition coefficient (Wildman–Crippen LogP) is 12.2. The molecule has 55 heavy (non-hydrogen) atoms. The number of aromatic nitrogens is 6. The van der Waals surface area contributed by atoms with Gasteiger partial charge in [-0.05, 0) is 54.6 Å². The molecule has 0 aliphatic heterocycles. The topological polar surface area (TPSA) is 61.4 Å². The van der Waals surface area contributed by atoms with Crippen LogP contribution in [0.5, 0.6) is 0 Å². The lowest BCUT2D eigenvalue weighted by Gasteiger charge is -2.11. The minimum Gasteiger partial charge on any atom is -0.309 e. The fraction of sp³-hybridized carbons (Fsp3) is 0. The van der Waals surface area contributed by atoms with E-state index in [0.717, 1.165) is 76.7 Å². The van der Waals surface area contributed by atoms with Crippen LogP contribution < -0.4 is 0 Å². The van der Waals surface area contributed by atoms with E-state index in [9.17, 15) is 0 Å². The van der Waals surface area contributed by atoms with Gasteiger partial charge in [-0.25, -0.2) is 9.97 Å². The van der Waals surface area contributed by atoms with Gasteiger partial charge >= 0.3 is 0 Å². The van der Waals surface area contributed by atoms with Gasteiger partial charge in [-0.3, -0.25) is 4.57 Å². The summed E-state index contributed by atoms with van der Waals surface area (Å²) in [6, 6.07) is 63.3. The van der Waals surface area contributed by atoms with Gasteiger partial charge < -0.3 is 4.57 Å². The molecule has 0 bridgehead atoms. The molecule has 0 aliphatic rings. The molecule has 7 aromatic carbocycles. The smallest absolute Gasteiger partial charge is 0.235 e. The molecule has 0 spiro atoms. The zero-order valence-corrected chi connectivity index (χ0v) is 30.2. The van der Waals surface area contributed by atoms with Gasteiger partial charge in [-0.15, -0.1) is 10.2 Å². The van der Waals surface area contributed by atoms with Gasteiger partial charge in [0.2, 0.25) is 5.95 Å². The van der Waals surface area contributed by atoms with Crippen molar-refractivity contribution >= 4 is 54.9 Å². The number of rotatable bonds is 6. The average molecular weight is 723 g/mol. The van der Waals surface area contributed by atoms with Crippen LogP contribution in [-0.2, 0) is 0 Å². The number of nitrogens with zero attached hydrogens (tertiary/aromatic N) is 6. The van der Waals surface area contributed by atoms with Crippen molar-refractivity contribution in [1.82, 2.24) is 29.3 Å². The van der Waals surface area contributed by atoms with Crippen molar-refractivity contribution in [2.75, 3.05) is 0 Å². The summed E-state index contributed by atoms with van der Waals surface area (Å²) < 4.78 is 4.52. The molecule has 0 fully saturated rings. The Morgan fingerprint density at radius 1 is 0.382 bits per heavy atom. The highest BCUT2D eigenvalue weighted by atomic mass is 32.1. The highest BCUT2D eigenvalue weighted by molar-refractivity contribution is 7.18. The molecule has 6 nitrogen and oxygen atoms in total. The summed E-state index contributed by atoms with van der Waals surface area (Å²) in [6.07, 6.45) is 0. The SMILES string of the molecule is c1ccc(-c2cc(-c3ccccc3)nc(-n3c4ccccc4c4c(-c5nnc(-c6ccc7c(c6)c6ccccc6n7-c6ccccc6)s5)cccc43)n2)cc1. The highest BCUT2D eigenvalue weighted by Gasteiger charge is 2.21. The van der Waals surface area contributed by atoms with E-state index in [2.05, 4.69) is 155 Å². The van der Waals surface area contributed by atoms with Crippen molar-refractivity contribution in [2.45, 2.75) is 0 Å². The maximum atomic E-state index is 5.21. The second-order valence-electron chi connectivity index (χ2n) is 13.6. The Bertz CT molecular complexity index is 3140. The molecule has 258 valence electrons. The Hall–Kier alpha value is -7.22. The monoisotopic (exact) mass is 722 g/mol. The number of fused-ring (bicyclic) bond motifs is 6. The van der Waals surface area contributed by atoms with Crippen molar-refractivity contribution in [3.8, 4) is 55.3 Å². The number of benzene rings is 7. The zero-order chi connectivity index (χ0) is 36.3. The Morgan fingerprint density at radius 2 is 0.945 bits per heavy atom. The molecular weight excluding hydrogens is 693 g/mol. The molecule has 0 amide bonds. The van der Waals surface area contributed by atoms with E-state index in [0.29, 0.717) is 5.95 Å². The fourth-order valence-corrected chi connectivity index (χ4v) is 8.74. The summed E-state index contributed by atoms with van der Waals surface area (Å²) in [4.78, 5) is 10.4. The van der Waals surface area contributed by atoms with Crippen molar-refractivity contribution in [3.05, 3.63) is 182 Å². The lowest BCUT2D eigenvalue weighted by Crippen LogP contribution is -2.04. The Balaban J connectivity index is 1.07. The van der Waals surface area contributed by atoms with Gasteiger partial charge in [0.25, 0.3) is 0 Å². The van der Waals surface area contributed by atoms with E-state index in [1.165, 1.54) is 16.3 Å². The van der Waals surface area contributed by atoms with Gasteiger partial charge in [-0.2, -0.15) is 0 Å². The molecule has 0 unspecified atom stereocenters. The Morgan fingerprint density at radius 3 is 1.65 bits per heavy atom. The standard InChI is InChI=1S/C48H30N6S/c1-4-15-31(16-5-1)39-30-40(32-17-6-2-7-18-32)50-48(49-39)54-42-25-13-11-22-36(42)45-37(23-14-26-44(45)54)47-52-51-46(55-47)33-27-28-43-38(29-33)35-21-10-12-24-41(35)53(43)34-19-8-3-9-20-34/h1-30H. The average Bonchev–Trinajstić information content (AvgIpc) is 3.98. The molecular formula is C48H30N6S. The summed E-state index contributed by atoms with van der Waals surface area (Å²) in [6.45, 7) is 0. The summed E-state index contributed by atoms with van der Waals surface area (Å²) >= 11 is 1.61. The first-order valence-corrected chi connectivity index (χ1v) is 19.1.